The van der Waals surface area contributed by atoms with Gasteiger partial charge in [-0.25, -0.2) is 0 Å². The summed E-state index contributed by atoms with van der Waals surface area (Å²) in [6.07, 6.45) is 0. The second-order valence-corrected chi connectivity index (χ2v) is 5.78. The van der Waals surface area contributed by atoms with E-state index in [4.69, 9.17) is 11.6 Å². The molecule has 0 bridgehead atoms. The van der Waals surface area contributed by atoms with Gasteiger partial charge in [0.1, 0.15) is 0 Å². The van der Waals surface area contributed by atoms with Gasteiger partial charge in [-0.05, 0) is 45.2 Å². The normalized spacial score (nSPS) is 17.1. The first-order valence-electron chi connectivity index (χ1n) is 4.89. The van der Waals surface area contributed by atoms with Crippen LogP contribution < -0.4 is 5.32 Å². The highest BCUT2D eigenvalue weighted by Gasteiger charge is 2.18. The van der Waals surface area contributed by atoms with Gasteiger partial charge in [0.25, 0.3) is 0 Å². The van der Waals surface area contributed by atoms with E-state index in [1.165, 1.54) is 0 Å². The zero-order valence-electron chi connectivity index (χ0n) is 9.16. The standard InChI is InChI=1S/C11H16ClNOS/c1-8(13-3)9(2)15(14)11-6-4-10(12)5-7-11/h4-9,13H,1-3H3. The van der Waals surface area contributed by atoms with Crippen LogP contribution in [0.5, 0.6) is 0 Å². The number of rotatable bonds is 4. The fraction of sp³-hybridized carbons (Fsp3) is 0.455. The van der Waals surface area contributed by atoms with Crippen molar-refractivity contribution in [3.8, 4) is 0 Å². The lowest BCUT2D eigenvalue weighted by atomic mass is 10.3. The largest absolute Gasteiger partial charge is 0.316 e. The highest BCUT2D eigenvalue weighted by Crippen LogP contribution is 2.16. The molecule has 0 amide bonds. The maximum Gasteiger partial charge on any atom is 0.0573 e. The third kappa shape index (κ3) is 3.30. The number of halogens is 1. The van der Waals surface area contributed by atoms with E-state index in [1.807, 2.05) is 33.0 Å². The molecule has 0 heterocycles. The summed E-state index contributed by atoms with van der Waals surface area (Å²) in [5, 5.41) is 3.86. The van der Waals surface area contributed by atoms with Crippen LogP contribution in [0.3, 0.4) is 0 Å². The minimum Gasteiger partial charge on any atom is -0.316 e. The lowest BCUT2D eigenvalue weighted by molar-refractivity contribution is 0.584. The minimum absolute atomic E-state index is 0.0798. The van der Waals surface area contributed by atoms with E-state index in [1.54, 1.807) is 12.1 Å². The van der Waals surface area contributed by atoms with Crippen molar-refractivity contribution < 1.29 is 4.21 Å². The van der Waals surface area contributed by atoms with Gasteiger partial charge in [0.05, 0.1) is 16.0 Å². The molecule has 1 aromatic carbocycles. The van der Waals surface area contributed by atoms with Gasteiger partial charge in [-0.1, -0.05) is 11.6 Å². The van der Waals surface area contributed by atoms with E-state index >= 15 is 0 Å². The molecule has 0 aliphatic carbocycles. The van der Waals surface area contributed by atoms with Crippen molar-refractivity contribution in [3.63, 3.8) is 0 Å². The first kappa shape index (κ1) is 12.7. The maximum atomic E-state index is 12.1. The average molecular weight is 246 g/mol. The molecule has 0 fully saturated rings. The summed E-state index contributed by atoms with van der Waals surface area (Å²) in [5.74, 6) is 0. The van der Waals surface area contributed by atoms with Crippen LogP contribution in [0.4, 0.5) is 0 Å². The molecule has 0 spiro atoms. The summed E-state index contributed by atoms with van der Waals surface area (Å²) < 4.78 is 12.1. The molecule has 1 aromatic rings. The number of nitrogens with one attached hydrogen (secondary N) is 1. The fourth-order valence-electron chi connectivity index (χ4n) is 1.20. The van der Waals surface area contributed by atoms with Crippen molar-refractivity contribution in [2.45, 2.75) is 30.0 Å². The Morgan fingerprint density at radius 3 is 2.27 bits per heavy atom. The van der Waals surface area contributed by atoms with Crippen molar-refractivity contribution >= 4 is 22.4 Å². The van der Waals surface area contributed by atoms with Gasteiger partial charge >= 0.3 is 0 Å². The molecule has 3 atom stereocenters. The fourth-order valence-corrected chi connectivity index (χ4v) is 2.67. The van der Waals surface area contributed by atoms with E-state index in [0.717, 1.165) is 4.90 Å². The van der Waals surface area contributed by atoms with Crippen LogP contribution >= 0.6 is 11.6 Å². The molecule has 1 N–H and O–H groups in total. The van der Waals surface area contributed by atoms with Gasteiger partial charge in [0, 0.05) is 16.0 Å². The Balaban J connectivity index is 2.80. The smallest absolute Gasteiger partial charge is 0.0573 e. The highest BCUT2D eigenvalue weighted by atomic mass is 35.5. The number of hydrogen-bond donors (Lipinski definition) is 1. The lowest BCUT2D eigenvalue weighted by Gasteiger charge is -2.18. The van der Waals surface area contributed by atoms with Gasteiger partial charge in [-0.2, -0.15) is 0 Å². The molecule has 15 heavy (non-hydrogen) atoms. The summed E-state index contributed by atoms with van der Waals surface area (Å²) in [4.78, 5) is 0.828. The topological polar surface area (TPSA) is 29.1 Å². The van der Waals surface area contributed by atoms with E-state index in [-0.39, 0.29) is 11.3 Å². The van der Waals surface area contributed by atoms with Crippen molar-refractivity contribution in [1.82, 2.24) is 5.32 Å². The quantitative estimate of drug-likeness (QED) is 0.883. The van der Waals surface area contributed by atoms with Crippen LogP contribution in [0, 0.1) is 0 Å². The van der Waals surface area contributed by atoms with E-state index in [9.17, 15) is 4.21 Å². The summed E-state index contributed by atoms with van der Waals surface area (Å²) >= 11 is 5.77. The Hall–Kier alpha value is -0.380. The zero-order chi connectivity index (χ0) is 11.4. The molecular weight excluding hydrogens is 230 g/mol. The summed E-state index contributed by atoms with van der Waals surface area (Å²) in [5.41, 5.74) is 0. The first-order valence-corrected chi connectivity index (χ1v) is 6.48. The van der Waals surface area contributed by atoms with Crippen LogP contribution in [0.15, 0.2) is 29.2 Å². The van der Waals surface area contributed by atoms with Gasteiger partial charge in [0.15, 0.2) is 0 Å². The van der Waals surface area contributed by atoms with Crippen LogP contribution in [0.2, 0.25) is 5.02 Å². The Kier molecular flexibility index (Phi) is 4.77. The Morgan fingerprint density at radius 2 is 1.80 bits per heavy atom. The predicted molar refractivity (Wildman–Crippen MR) is 65.8 cm³/mol. The molecular formula is C11H16ClNOS. The predicted octanol–water partition coefficient (Wildman–Crippen LogP) is 2.44. The third-order valence-electron chi connectivity index (χ3n) is 2.54. The molecule has 0 radical (unpaired) electrons. The van der Waals surface area contributed by atoms with Crippen LogP contribution in [0.25, 0.3) is 0 Å². The number of hydrogen-bond acceptors (Lipinski definition) is 2. The minimum atomic E-state index is -0.988. The van der Waals surface area contributed by atoms with Crippen molar-refractivity contribution in [3.05, 3.63) is 29.3 Å². The van der Waals surface area contributed by atoms with Crippen LogP contribution in [-0.4, -0.2) is 22.5 Å². The lowest BCUT2D eigenvalue weighted by Crippen LogP contribution is -2.35. The van der Waals surface area contributed by atoms with Crippen molar-refractivity contribution in [1.29, 1.82) is 0 Å². The first-order chi connectivity index (χ1) is 7.06. The van der Waals surface area contributed by atoms with E-state index in [0.29, 0.717) is 5.02 Å². The second-order valence-electron chi connectivity index (χ2n) is 3.53. The summed E-state index contributed by atoms with van der Waals surface area (Å²) in [7, 11) is 0.888. The van der Waals surface area contributed by atoms with Crippen LogP contribution in [-0.2, 0) is 10.8 Å². The Morgan fingerprint density at radius 1 is 1.27 bits per heavy atom. The van der Waals surface area contributed by atoms with Gasteiger partial charge in [-0.15, -0.1) is 0 Å². The van der Waals surface area contributed by atoms with E-state index < -0.39 is 10.8 Å². The highest BCUT2D eigenvalue weighted by molar-refractivity contribution is 7.85. The molecule has 0 aliphatic heterocycles. The SMILES string of the molecule is CNC(C)C(C)S(=O)c1ccc(Cl)cc1. The van der Waals surface area contributed by atoms with Gasteiger partial charge < -0.3 is 5.32 Å². The Labute approximate surface area is 98.5 Å². The third-order valence-corrected chi connectivity index (χ3v) is 4.62. The average Bonchev–Trinajstić information content (AvgIpc) is 2.27. The molecule has 0 aromatic heterocycles. The molecule has 84 valence electrons. The zero-order valence-corrected chi connectivity index (χ0v) is 10.7. The van der Waals surface area contributed by atoms with Gasteiger partial charge in [0.2, 0.25) is 0 Å². The van der Waals surface area contributed by atoms with E-state index in [2.05, 4.69) is 5.32 Å². The van der Waals surface area contributed by atoms with Gasteiger partial charge in [-0.3, -0.25) is 4.21 Å². The molecule has 4 heteroatoms. The summed E-state index contributed by atoms with van der Waals surface area (Å²) in [6.45, 7) is 4.00. The number of benzene rings is 1. The molecule has 0 saturated carbocycles. The molecule has 2 nitrogen and oxygen atoms in total. The van der Waals surface area contributed by atoms with Crippen molar-refractivity contribution in [2.24, 2.45) is 0 Å². The van der Waals surface area contributed by atoms with Crippen molar-refractivity contribution in [2.75, 3.05) is 7.05 Å². The van der Waals surface area contributed by atoms with Crippen LogP contribution in [0.1, 0.15) is 13.8 Å². The molecule has 0 saturated heterocycles. The molecule has 1 rings (SSSR count). The second kappa shape index (κ2) is 5.64. The Bertz CT molecular complexity index is 339. The molecule has 3 unspecified atom stereocenters. The molecule has 0 aliphatic rings. The summed E-state index contributed by atoms with van der Waals surface area (Å²) in [6, 6.07) is 7.40. The maximum absolute atomic E-state index is 12.1. The monoisotopic (exact) mass is 245 g/mol.